The van der Waals surface area contributed by atoms with E-state index in [0.717, 1.165) is 106 Å². The van der Waals surface area contributed by atoms with Crippen LogP contribution in [-0.4, -0.2) is 34.9 Å². The molecule has 0 saturated carbocycles. The fourth-order valence-corrected chi connectivity index (χ4v) is 10.9. The fourth-order valence-electron chi connectivity index (χ4n) is 10.9. The zero-order chi connectivity index (χ0) is 47.5. The molecule has 72 heavy (non-hydrogen) atoms. The molecule has 0 N–H and O–H groups in total. The van der Waals surface area contributed by atoms with E-state index in [0.29, 0.717) is 17.5 Å². The van der Waals surface area contributed by atoms with Gasteiger partial charge in [-0.05, 0) is 126 Å². The molecule has 0 radical (unpaired) electrons. The average molecular weight is 918 g/mol. The molecule has 0 unspecified atom stereocenters. The maximum atomic E-state index is 5.51. The lowest BCUT2D eigenvalue weighted by atomic mass is 9.86. The minimum Gasteiger partial charge on any atom is -0.248 e. The lowest BCUT2D eigenvalue weighted by Gasteiger charge is -2.18. The summed E-state index contributed by atoms with van der Waals surface area (Å²) in [5, 5.41) is 5.82. The van der Waals surface area contributed by atoms with Gasteiger partial charge in [0.15, 0.2) is 17.5 Å². The Morgan fingerprint density at radius 3 is 1.25 bits per heavy atom. The SMILES string of the molecule is c1cnc(C2=C3C(=C(c4ccc5ccccc5n4)c4cc(-c5ncccn5)c(-c5ncccn5)cc43)C(c3cccc(-c4cccc5ccccc45)c3)=C2c2cccc(-c3cccc4ccccc34)c2)nc1. The smallest absolute Gasteiger partial charge is 0.160 e. The van der Waals surface area contributed by atoms with Gasteiger partial charge in [0.1, 0.15) is 0 Å². The molecule has 334 valence electrons. The third-order valence-electron chi connectivity index (χ3n) is 14.0. The number of hydrogen-bond donors (Lipinski definition) is 0. The first-order valence-electron chi connectivity index (χ1n) is 24.0. The van der Waals surface area contributed by atoms with Gasteiger partial charge in [-0.1, -0.05) is 146 Å². The normalized spacial score (nSPS) is 13.1. The van der Waals surface area contributed by atoms with Gasteiger partial charge >= 0.3 is 0 Å². The molecule has 0 bridgehead atoms. The molecule has 2 aliphatic carbocycles. The number of para-hydroxylation sites is 1. The lowest BCUT2D eigenvalue weighted by molar-refractivity contribution is 1.12. The second-order valence-corrected chi connectivity index (χ2v) is 18.0. The maximum Gasteiger partial charge on any atom is 0.160 e. The van der Waals surface area contributed by atoms with Crippen molar-refractivity contribution in [2.45, 2.75) is 0 Å². The van der Waals surface area contributed by atoms with Crippen LogP contribution in [0.3, 0.4) is 0 Å². The fraction of sp³-hybridized carbons (Fsp3) is 0. The summed E-state index contributed by atoms with van der Waals surface area (Å²) in [5.41, 5.74) is 18.0. The number of allylic oxidation sites excluding steroid dienone is 5. The van der Waals surface area contributed by atoms with Crippen molar-refractivity contribution in [2.75, 3.05) is 0 Å². The summed E-state index contributed by atoms with van der Waals surface area (Å²) in [4.78, 5) is 35.1. The van der Waals surface area contributed by atoms with E-state index in [2.05, 4.69) is 176 Å². The van der Waals surface area contributed by atoms with E-state index >= 15 is 0 Å². The Balaban J connectivity index is 1.14. The Morgan fingerprint density at radius 1 is 0.236 bits per heavy atom. The van der Waals surface area contributed by atoms with Crippen LogP contribution < -0.4 is 0 Å². The first-order valence-corrected chi connectivity index (χ1v) is 24.0. The topological polar surface area (TPSA) is 90.2 Å². The molecule has 0 saturated heterocycles. The van der Waals surface area contributed by atoms with E-state index < -0.39 is 0 Å². The summed E-state index contributed by atoms with van der Waals surface area (Å²) < 4.78 is 0. The molecule has 7 nitrogen and oxygen atoms in total. The van der Waals surface area contributed by atoms with Crippen LogP contribution in [0.5, 0.6) is 0 Å². The van der Waals surface area contributed by atoms with Crippen molar-refractivity contribution >= 4 is 60.3 Å². The zero-order valence-corrected chi connectivity index (χ0v) is 38.6. The second kappa shape index (κ2) is 17.0. The maximum absolute atomic E-state index is 5.51. The predicted molar refractivity (Wildman–Crippen MR) is 291 cm³/mol. The summed E-state index contributed by atoms with van der Waals surface area (Å²) >= 11 is 0. The zero-order valence-electron chi connectivity index (χ0n) is 38.6. The molecular weight excluding hydrogens is 879 g/mol. The van der Waals surface area contributed by atoms with E-state index in [1.807, 2.05) is 36.7 Å². The number of pyridine rings is 1. The molecule has 2 aliphatic rings. The van der Waals surface area contributed by atoms with Gasteiger partial charge in [-0.15, -0.1) is 0 Å². The van der Waals surface area contributed by atoms with Gasteiger partial charge < -0.3 is 0 Å². The number of aromatic nitrogens is 7. The van der Waals surface area contributed by atoms with Gasteiger partial charge in [-0.2, -0.15) is 0 Å². The molecular formula is C65H39N7. The first kappa shape index (κ1) is 41.2. The third-order valence-corrected chi connectivity index (χ3v) is 14.0. The van der Waals surface area contributed by atoms with Crippen molar-refractivity contribution < 1.29 is 0 Å². The van der Waals surface area contributed by atoms with Crippen molar-refractivity contribution in [3.8, 4) is 45.0 Å². The van der Waals surface area contributed by atoms with Crippen molar-refractivity contribution in [1.82, 2.24) is 34.9 Å². The van der Waals surface area contributed by atoms with Crippen LogP contribution in [0, 0.1) is 0 Å². The molecule has 4 heterocycles. The third kappa shape index (κ3) is 6.78. The minimum absolute atomic E-state index is 0.566. The Labute approximate surface area is 415 Å². The number of benzene rings is 8. The van der Waals surface area contributed by atoms with Gasteiger partial charge in [0.2, 0.25) is 0 Å². The molecule has 0 spiro atoms. The molecule has 0 atom stereocenters. The van der Waals surface area contributed by atoms with Crippen LogP contribution in [0.1, 0.15) is 33.8 Å². The molecule has 12 aromatic rings. The van der Waals surface area contributed by atoms with E-state index in [4.69, 9.17) is 34.9 Å². The Hall–Kier alpha value is -9.85. The lowest BCUT2D eigenvalue weighted by Crippen LogP contribution is -2.01. The molecule has 8 aromatic carbocycles. The first-order chi connectivity index (χ1) is 35.7. The number of nitrogens with zero attached hydrogens (tertiary/aromatic N) is 7. The van der Waals surface area contributed by atoms with Crippen LogP contribution in [0.25, 0.3) is 105 Å². The number of rotatable bonds is 8. The largest absolute Gasteiger partial charge is 0.248 e. The number of hydrogen-bond acceptors (Lipinski definition) is 7. The summed E-state index contributed by atoms with van der Waals surface area (Å²) in [6, 6.07) is 70.9. The summed E-state index contributed by atoms with van der Waals surface area (Å²) in [7, 11) is 0. The highest BCUT2D eigenvalue weighted by atomic mass is 14.9. The minimum atomic E-state index is 0.566. The summed E-state index contributed by atoms with van der Waals surface area (Å²) in [6.45, 7) is 0. The molecule has 4 aromatic heterocycles. The summed E-state index contributed by atoms with van der Waals surface area (Å²) in [6.07, 6.45) is 10.8. The van der Waals surface area contributed by atoms with Crippen LogP contribution >= 0.6 is 0 Å². The van der Waals surface area contributed by atoms with Crippen molar-refractivity contribution in [3.05, 3.63) is 277 Å². The van der Waals surface area contributed by atoms with Crippen molar-refractivity contribution in [2.24, 2.45) is 0 Å². The van der Waals surface area contributed by atoms with E-state index in [-0.39, 0.29) is 0 Å². The Bertz CT molecular complexity index is 4250. The highest BCUT2D eigenvalue weighted by Crippen LogP contribution is 2.62. The van der Waals surface area contributed by atoms with Crippen LogP contribution in [0.15, 0.2) is 243 Å². The van der Waals surface area contributed by atoms with Gasteiger partial charge in [0, 0.05) is 81.6 Å². The molecule has 0 amide bonds. The number of fused-ring (bicyclic) bond motifs is 6. The molecule has 0 fully saturated rings. The van der Waals surface area contributed by atoms with Gasteiger partial charge in [-0.3, -0.25) is 0 Å². The van der Waals surface area contributed by atoms with Crippen LogP contribution in [0.4, 0.5) is 0 Å². The van der Waals surface area contributed by atoms with Crippen molar-refractivity contribution in [3.63, 3.8) is 0 Å². The standard InChI is InChI=1S/C65H39N7/c1-4-23-47-40(14-1)17-9-25-49(47)43-19-7-21-45(36-43)57-58(46-22-8-20-44(37-46)50-26-10-18-41-15-2-5-24-48(41)50)62(65-70-34-13-35-71-65)60-52-39-54(64-68-32-12-33-69-64)53(63-66-30-11-31-67-63)38-51(52)59(61(57)60)56-29-28-42-16-3-6-27-55(42)72-56/h1-39H. The van der Waals surface area contributed by atoms with Crippen LogP contribution in [0.2, 0.25) is 0 Å². The molecule has 0 aliphatic heterocycles. The second-order valence-electron chi connectivity index (χ2n) is 18.0. The van der Waals surface area contributed by atoms with E-state index in [1.165, 1.54) is 21.5 Å². The van der Waals surface area contributed by atoms with E-state index in [1.54, 1.807) is 24.8 Å². The predicted octanol–water partition coefficient (Wildman–Crippen LogP) is 14.9. The summed E-state index contributed by atoms with van der Waals surface area (Å²) in [5.74, 6) is 1.75. The van der Waals surface area contributed by atoms with Gasteiger partial charge in [0.25, 0.3) is 0 Å². The van der Waals surface area contributed by atoms with Gasteiger partial charge in [0.05, 0.1) is 11.2 Å². The highest BCUT2D eigenvalue weighted by Gasteiger charge is 2.42. The van der Waals surface area contributed by atoms with Crippen molar-refractivity contribution in [1.29, 1.82) is 0 Å². The quantitative estimate of drug-likeness (QED) is 0.150. The van der Waals surface area contributed by atoms with Gasteiger partial charge in [-0.25, -0.2) is 34.9 Å². The Kier molecular flexibility index (Phi) is 9.70. The Morgan fingerprint density at radius 2 is 0.681 bits per heavy atom. The van der Waals surface area contributed by atoms with Crippen LogP contribution in [-0.2, 0) is 0 Å². The molecule has 7 heteroatoms. The highest BCUT2D eigenvalue weighted by molar-refractivity contribution is 6.39. The monoisotopic (exact) mass is 917 g/mol. The average Bonchev–Trinajstić information content (AvgIpc) is 3.98. The molecule has 14 rings (SSSR count). The van der Waals surface area contributed by atoms with E-state index in [9.17, 15) is 0 Å².